The Morgan fingerprint density at radius 1 is 1.05 bits per heavy atom. The van der Waals surface area contributed by atoms with Crippen LogP contribution in [0.1, 0.15) is 22.0 Å². The highest BCUT2D eigenvalue weighted by Gasteiger charge is 2.20. The number of halogens is 1. The molecule has 108 valence electrons. The number of Topliss-reactive ketones (excluding diaryl/α,β-unsaturated/α-hetero) is 1. The Morgan fingerprint density at radius 3 is 2.24 bits per heavy atom. The van der Waals surface area contributed by atoms with E-state index < -0.39 is 17.7 Å². The number of carbonyl (C=O) groups excluding carboxylic acids is 2. The maximum atomic E-state index is 12.0. The van der Waals surface area contributed by atoms with Crippen molar-refractivity contribution in [2.45, 2.75) is 6.04 Å². The highest BCUT2D eigenvalue weighted by Crippen LogP contribution is 2.13. The second kappa shape index (κ2) is 7.15. The maximum Gasteiger partial charge on any atom is 0.292 e. The summed E-state index contributed by atoms with van der Waals surface area (Å²) in [5, 5.41) is 11.9. The second-order valence-corrected chi connectivity index (χ2v) is 5.37. The third-order valence-corrected chi connectivity index (χ3v) is 3.53. The van der Waals surface area contributed by atoms with Gasteiger partial charge in [0.25, 0.3) is 5.91 Å². The number of ketones is 1. The lowest BCUT2D eigenvalue weighted by atomic mass is 10.1. The van der Waals surface area contributed by atoms with Crippen LogP contribution in [0.5, 0.6) is 0 Å². The van der Waals surface area contributed by atoms with E-state index in [0.29, 0.717) is 5.56 Å². The third-order valence-electron chi connectivity index (χ3n) is 3.00. The molecule has 0 saturated carbocycles. The van der Waals surface area contributed by atoms with Gasteiger partial charge in [-0.1, -0.05) is 46.3 Å². The van der Waals surface area contributed by atoms with Crippen LogP contribution in [0.3, 0.4) is 0 Å². The van der Waals surface area contributed by atoms with Crippen molar-refractivity contribution in [2.75, 3.05) is 6.61 Å². The molecule has 0 spiro atoms. The van der Waals surface area contributed by atoms with Gasteiger partial charge in [0.2, 0.25) is 5.78 Å². The van der Waals surface area contributed by atoms with Crippen molar-refractivity contribution in [1.82, 2.24) is 5.32 Å². The average molecular weight is 348 g/mol. The molecule has 4 nitrogen and oxygen atoms in total. The molecule has 2 rings (SSSR count). The molecule has 0 saturated heterocycles. The molecule has 5 heteroatoms. The molecule has 21 heavy (non-hydrogen) atoms. The van der Waals surface area contributed by atoms with Crippen molar-refractivity contribution >= 4 is 27.6 Å². The van der Waals surface area contributed by atoms with Crippen LogP contribution in [0.25, 0.3) is 0 Å². The molecule has 1 amide bonds. The van der Waals surface area contributed by atoms with Gasteiger partial charge in [-0.2, -0.15) is 0 Å². The Kier molecular flexibility index (Phi) is 5.25. The monoisotopic (exact) mass is 347 g/mol. The van der Waals surface area contributed by atoms with Gasteiger partial charge >= 0.3 is 0 Å². The van der Waals surface area contributed by atoms with Crippen LogP contribution in [-0.2, 0) is 4.79 Å². The molecule has 0 aliphatic rings. The molecular formula is C16H14BrNO3. The summed E-state index contributed by atoms with van der Waals surface area (Å²) in [5.74, 6) is -1.36. The largest absolute Gasteiger partial charge is 0.394 e. The van der Waals surface area contributed by atoms with E-state index in [1.54, 1.807) is 48.5 Å². The van der Waals surface area contributed by atoms with Crippen LogP contribution in [0, 0.1) is 0 Å². The summed E-state index contributed by atoms with van der Waals surface area (Å²) < 4.78 is 0.831. The molecule has 2 aromatic carbocycles. The summed E-state index contributed by atoms with van der Waals surface area (Å²) in [6.07, 6.45) is 0. The van der Waals surface area contributed by atoms with Gasteiger partial charge in [0.15, 0.2) is 0 Å². The van der Waals surface area contributed by atoms with Gasteiger partial charge in [0.05, 0.1) is 12.6 Å². The first kappa shape index (κ1) is 15.4. The molecule has 0 aliphatic heterocycles. The zero-order chi connectivity index (χ0) is 15.2. The van der Waals surface area contributed by atoms with E-state index in [2.05, 4.69) is 21.2 Å². The number of nitrogens with one attached hydrogen (secondary N) is 1. The zero-order valence-electron chi connectivity index (χ0n) is 11.1. The molecule has 0 bridgehead atoms. The van der Waals surface area contributed by atoms with Crippen LogP contribution in [0.4, 0.5) is 0 Å². The first-order valence-corrected chi connectivity index (χ1v) is 7.17. The molecule has 1 unspecified atom stereocenters. The minimum absolute atomic E-state index is 0.274. The number of aliphatic hydroxyl groups is 1. The first-order chi connectivity index (χ1) is 10.1. The molecule has 0 aliphatic carbocycles. The summed E-state index contributed by atoms with van der Waals surface area (Å²) in [5.41, 5.74) is 1.05. The fourth-order valence-corrected chi connectivity index (χ4v) is 2.14. The van der Waals surface area contributed by atoms with Gasteiger partial charge < -0.3 is 10.4 Å². The van der Waals surface area contributed by atoms with Gasteiger partial charge in [0, 0.05) is 10.0 Å². The van der Waals surface area contributed by atoms with E-state index in [0.717, 1.165) is 10.0 Å². The molecule has 0 heterocycles. The Balaban J connectivity index is 2.09. The number of amides is 1. The van der Waals surface area contributed by atoms with Crippen molar-refractivity contribution in [2.24, 2.45) is 0 Å². The van der Waals surface area contributed by atoms with Crippen molar-refractivity contribution in [1.29, 1.82) is 0 Å². The molecular weight excluding hydrogens is 334 g/mol. The van der Waals surface area contributed by atoms with Crippen LogP contribution < -0.4 is 5.32 Å². The maximum absolute atomic E-state index is 12.0. The standard InChI is InChI=1S/C16H14BrNO3/c17-13-8-6-12(7-9-13)15(20)16(21)18-14(10-19)11-4-2-1-3-5-11/h1-9,14,19H,10H2,(H,18,21). The zero-order valence-corrected chi connectivity index (χ0v) is 12.7. The van der Waals surface area contributed by atoms with Crippen molar-refractivity contribution in [3.05, 3.63) is 70.2 Å². The normalized spacial score (nSPS) is 11.7. The van der Waals surface area contributed by atoms with Crippen molar-refractivity contribution in [3.63, 3.8) is 0 Å². The highest BCUT2D eigenvalue weighted by molar-refractivity contribution is 9.10. The topological polar surface area (TPSA) is 66.4 Å². The number of aliphatic hydroxyl groups excluding tert-OH is 1. The van der Waals surface area contributed by atoms with Crippen LogP contribution in [0.15, 0.2) is 59.1 Å². The van der Waals surface area contributed by atoms with Gasteiger partial charge in [-0.05, 0) is 29.8 Å². The highest BCUT2D eigenvalue weighted by atomic mass is 79.9. The molecule has 0 radical (unpaired) electrons. The predicted molar refractivity (Wildman–Crippen MR) is 82.9 cm³/mol. The van der Waals surface area contributed by atoms with Crippen LogP contribution >= 0.6 is 15.9 Å². The summed E-state index contributed by atoms with van der Waals surface area (Å²) >= 11 is 3.27. The van der Waals surface area contributed by atoms with Crippen molar-refractivity contribution in [3.8, 4) is 0 Å². The molecule has 2 aromatic rings. The molecule has 0 fully saturated rings. The van der Waals surface area contributed by atoms with E-state index >= 15 is 0 Å². The molecule has 2 N–H and O–H groups in total. The minimum Gasteiger partial charge on any atom is -0.394 e. The number of benzene rings is 2. The Hall–Kier alpha value is -1.98. The fraction of sp³-hybridized carbons (Fsp3) is 0.125. The lowest BCUT2D eigenvalue weighted by molar-refractivity contribution is -0.118. The lowest BCUT2D eigenvalue weighted by Crippen LogP contribution is -2.36. The van der Waals surface area contributed by atoms with E-state index in [9.17, 15) is 14.7 Å². The van der Waals surface area contributed by atoms with E-state index in [1.807, 2.05) is 6.07 Å². The Morgan fingerprint density at radius 2 is 1.67 bits per heavy atom. The predicted octanol–water partition coefficient (Wildman–Crippen LogP) is 2.48. The van der Waals surface area contributed by atoms with Crippen molar-refractivity contribution < 1.29 is 14.7 Å². The van der Waals surface area contributed by atoms with Gasteiger partial charge in [0.1, 0.15) is 0 Å². The quantitative estimate of drug-likeness (QED) is 0.645. The van der Waals surface area contributed by atoms with E-state index in [-0.39, 0.29) is 6.61 Å². The SMILES string of the molecule is O=C(NC(CO)c1ccccc1)C(=O)c1ccc(Br)cc1. The first-order valence-electron chi connectivity index (χ1n) is 6.38. The number of carbonyl (C=O) groups is 2. The summed E-state index contributed by atoms with van der Waals surface area (Å²) in [6.45, 7) is -0.274. The number of hydrogen-bond donors (Lipinski definition) is 2. The Bertz CT molecular complexity index is 626. The lowest BCUT2D eigenvalue weighted by Gasteiger charge is -2.16. The van der Waals surface area contributed by atoms with Crippen LogP contribution in [0.2, 0.25) is 0 Å². The molecule has 0 aromatic heterocycles. The van der Waals surface area contributed by atoms with Gasteiger partial charge in [-0.25, -0.2) is 0 Å². The Labute approximate surface area is 130 Å². The fourth-order valence-electron chi connectivity index (χ4n) is 1.88. The molecule has 1 atom stereocenters. The summed E-state index contributed by atoms with van der Waals surface area (Å²) in [7, 11) is 0. The van der Waals surface area contributed by atoms with Gasteiger partial charge in [-0.3, -0.25) is 9.59 Å². The summed E-state index contributed by atoms with van der Waals surface area (Å²) in [6, 6.07) is 15.0. The minimum atomic E-state index is -0.736. The van der Waals surface area contributed by atoms with Crippen LogP contribution in [-0.4, -0.2) is 23.4 Å². The van der Waals surface area contributed by atoms with E-state index in [1.165, 1.54) is 0 Å². The average Bonchev–Trinajstić information content (AvgIpc) is 2.53. The van der Waals surface area contributed by atoms with Gasteiger partial charge in [-0.15, -0.1) is 0 Å². The second-order valence-electron chi connectivity index (χ2n) is 4.46. The summed E-state index contributed by atoms with van der Waals surface area (Å²) in [4.78, 5) is 24.0. The number of rotatable bonds is 5. The van der Waals surface area contributed by atoms with E-state index in [4.69, 9.17) is 0 Å². The smallest absolute Gasteiger partial charge is 0.292 e. The third kappa shape index (κ3) is 4.00. The number of hydrogen-bond acceptors (Lipinski definition) is 3.